The van der Waals surface area contributed by atoms with E-state index in [1.54, 1.807) is 29.0 Å². The van der Waals surface area contributed by atoms with Gasteiger partial charge in [-0.1, -0.05) is 12.6 Å². The van der Waals surface area contributed by atoms with Crippen LogP contribution < -0.4 is 0 Å². The van der Waals surface area contributed by atoms with Crippen molar-refractivity contribution in [3.63, 3.8) is 0 Å². The normalized spacial score (nSPS) is 14.2. The zero-order valence-corrected chi connectivity index (χ0v) is 13.6. The van der Waals surface area contributed by atoms with Gasteiger partial charge >= 0.3 is 0 Å². The molecule has 0 bridgehead atoms. The summed E-state index contributed by atoms with van der Waals surface area (Å²) in [6, 6.07) is 6.20. The molecule has 7 nitrogen and oxygen atoms in total. The highest BCUT2D eigenvalue weighted by Gasteiger charge is 2.25. The second-order valence-electron chi connectivity index (χ2n) is 5.62. The molecular formula is C17H21N3O4. The first-order valence-electron chi connectivity index (χ1n) is 7.66. The Labute approximate surface area is 140 Å². The van der Waals surface area contributed by atoms with Crippen LogP contribution in [0.5, 0.6) is 5.75 Å². The summed E-state index contributed by atoms with van der Waals surface area (Å²) >= 11 is 0. The Hall–Kier alpha value is -2.83. The standard InChI is InChI=1S/C17H21N3O4/c1-3-15(22)18(2)12-16(23)19-7-9-20(10-8-19)17(24)13-5-4-6-14(21)11-13/h3-6,11,21H,1,7-10,12H2,2H3. The zero-order valence-electron chi connectivity index (χ0n) is 13.6. The number of aromatic hydroxyl groups is 1. The molecule has 0 saturated carbocycles. The average molecular weight is 331 g/mol. The van der Waals surface area contributed by atoms with Gasteiger partial charge in [-0.25, -0.2) is 0 Å². The van der Waals surface area contributed by atoms with Crippen LogP contribution in [-0.2, 0) is 9.59 Å². The van der Waals surface area contributed by atoms with Crippen LogP contribution in [0.15, 0.2) is 36.9 Å². The summed E-state index contributed by atoms with van der Waals surface area (Å²) in [7, 11) is 1.55. The molecular weight excluding hydrogens is 310 g/mol. The number of phenols is 1. The topological polar surface area (TPSA) is 81.2 Å². The van der Waals surface area contributed by atoms with Gasteiger partial charge in [0.15, 0.2) is 0 Å². The van der Waals surface area contributed by atoms with Crippen molar-refractivity contribution in [3.05, 3.63) is 42.5 Å². The van der Waals surface area contributed by atoms with Crippen molar-refractivity contribution in [1.82, 2.24) is 14.7 Å². The van der Waals surface area contributed by atoms with Gasteiger partial charge < -0.3 is 19.8 Å². The lowest BCUT2D eigenvalue weighted by Gasteiger charge is -2.35. The highest BCUT2D eigenvalue weighted by Crippen LogP contribution is 2.14. The van der Waals surface area contributed by atoms with E-state index >= 15 is 0 Å². The van der Waals surface area contributed by atoms with Crippen LogP contribution in [0, 0.1) is 0 Å². The Morgan fingerprint density at radius 3 is 2.42 bits per heavy atom. The first kappa shape index (κ1) is 17.5. The number of piperazine rings is 1. The number of rotatable bonds is 4. The number of benzene rings is 1. The maximum atomic E-state index is 12.4. The van der Waals surface area contributed by atoms with Crippen molar-refractivity contribution in [2.24, 2.45) is 0 Å². The third-order valence-corrected chi connectivity index (χ3v) is 3.94. The number of carbonyl (C=O) groups excluding carboxylic acids is 3. The van der Waals surface area contributed by atoms with Crippen molar-refractivity contribution in [3.8, 4) is 5.75 Å². The van der Waals surface area contributed by atoms with E-state index in [0.29, 0.717) is 31.7 Å². The minimum atomic E-state index is -0.305. The lowest BCUT2D eigenvalue weighted by Crippen LogP contribution is -2.52. The van der Waals surface area contributed by atoms with Crippen molar-refractivity contribution in [2.45, 2.75) is 0 Å². The molecule has 3 amide bonds. The summed E-state index contributed by atoms with van der Waals surface area (Å²) in [5.41, 5.74) is 0.422. The summed E-state index contributed by atoms with van der Waals surface area (Å²) in [6.45, 7) is 5.04. The van der Waals surface area contributed by atoms with Gasteiger partial charge in [-0.3, -0.25) is 14.4 Å². The number of likely N-dealkylation sites (N-methyl/N-ethyl adjacent to an activating group) is 1. The van der Waals surface area contributed by atoms with E-state index in [1.807, 2.05) is 0 Å². The van der Waals surface area contributed by atoms with Crippen LogP contribution in [0.1, 0.15) is 10.4 Å². The zero-order chi connectivity index (χ0) is 17.7. The molecule has 1 aromatic rings. The van der Waals surface area contributed by atoms with E-state index in [1.165, 1.54) is 23.1 Å². The lowest BCUT2D eigenvalue weighted by molar-refractivity contribution is -0.138. The molecule has 0 aromatic heterocycles. The maximum Gasteiger partial charge on any atom is 0.254 e. The van der Waals surface area contributed by atoms with Crippen LogP contribution in [0.2, 0.25) is 0 Å². The molecule has 1 aliphatic heterocycles. The first-order valence-corrected chi connectivity index (χ1v) is 7.66. The molecule has 24 heavy (non-hydrogen) atoms. The smallest absolute Gasteiger partial charge is 0.254 e. The Morgan fingerprint density at radius 1 is 1.21 bits per heavy atom. The van der Waals surface area contributed by atoms with E-state index in [2.05, 4.69) is 6.58 Å². The predicted molar refractivity (Wildman–Crippen MR) is 88.4 cm³/mol. The molecule has 0 radical (unpaired) electrons. The SMILES string of the molecule is C=CC(=O)N(C)CC(=O)N1CCN(C(=O)c2cccc(O)c2)CC1. The van der Waals surface area contributed by atoms with E-state index in [-0.39, 0.29) is 30.0 Å². The van der Waals surface area contributed by atoms with Gasteiger partial charge in [0.25, 0.3) is 5.91 Å². The van der Waals surface area contributed by atoms with E-state index in [4.69, 9.17) is 0 Å². The van der Waals surface area contributed by atoms with Gasteiger partial charge in [-0.2, -0.15) is 0 Å². The summed E-state index contributed by atoms with van der Waals surface area (Å²) in [4.78, 5) is 40.6. The number of hydrogen-bond donors (Lipinski definition) is 1. The minimum Gasteiger partial charge on any atom is -0.508 e. The Balaban J connectivity index is 1.89. The second-order valence-corrected chi connectivity index (χ2v) is 5.62. The van der Waals surface area contributed by atoms with Gasteiger partial charge in [0.1, 0.15) is 5.75 Å². The number of carbonyl (C=O) groups is 3. The third kappa shape index (κ3) is 4.13. The van der Waals surface area contributed by atoms with Crippen molar-refractivity contribution in [2.75, 3.05) is 39.8 Å². The Kier molecular flexibility index (Phi) is 5.57. The molecule has 0 unspecified atom stereocenters. The highest BCUT2D eigenvalue weighted by atomic mass is 16.3. The molecule has 1 heterocycles. The fraction of sp³-hybridized carbons (Fsp3) is 0.353. The summed E-state index contributed by atoms with van der Waals surface area (Å²) in [5.74, 6) is -0.584. The van der Waals surface area contributed by atoms with Gasteiger partial charge in [0, 0.05) is 38.8 Å². The Bertz CT molecular complexity index is 651. The number of nitrogens with zero attached hydrogens (tertiary/aromatic N) is 3. The second kappa shape index (κ2) is 7.63. The monoisotopic (exact) mass is 331 g/mol. The first-order chi connectivity index (χ1) is 11.4. The van der Waals surface area contributed by atoms with Crippen LogP contribution in [0.3, 0.4) is 0 Å². The number of phenolic OH excluding ortho intramolecular Hbond substituents is 1. The minimum absolute atomic E-state index is 0.00857. The van der Waals surface area contributed by atoms with E-state index in [9.17, 15) is 19.5 Å². The third-order valence-electron chi connectivity index (χ3n) is 3.94. The molecule has 1 N–H and O–H groups in total. The summed E-state index contributed by atoms with van der Waals surface area (Å²) in [5, 5.41) is 9.46. The predicted octanol–water partition coefficient (Wildman–Crippen LogP) is 0.321. The van der Waals surface area contributed by atoms with Crippen LogP contribution in [-0.4, -0.2) is 77.3 Å². The molecule has 1 saturated heterocycles. The number of amides is 3. The summed E-state index contributed by atoms with van der Waals surface area (Å²) in [6.07, 6.45) is 1.17. The fourth-order valence-corrected chi connectivity index (χ4v) is 2.52. The molecule has 1 aromatic carbocycles. The van der Waals surface area contributed by atoms with Crippen molar-refractivity contribution >= 4 is 17.7 Å². The molecule has 0 aliphatic carbocycles. The quantitative estimate of drug-likeness (QED) is 0.806. The van der Waals surface area contributed by atoms with Gasteiger partial charge in [-0.15, -0.1) is 0 Å². The largest absolute Gasteiger partial charge is 0.508 e. The molecule has 0 atom stereocenters. The van der Waals surface area contributed by atoms with E-state index < -0.39 is 0 Å². The van der Waals surface area contributed by atoms with Crippen LogP contribution in [0.4, 0.5) is 0 Å². The average Bonchev–Trinajstić information content (AvgIpc) is 2.60. The fourth-order valence-electron chi connectivity index (χ4n) is 2.52. The van der Waals surface area contributed by atoms with Crippen LogP contribution >= 0.6 is 0 Å². The molecule has 128 valence electrons. The highest BCUT2D eigenvalue weighted by molar-refractivity contribution is 5.95. The van der Waals surface area contributed by atoms with E-state index in [0.717, 1.165) is 0 Å². The molecule has 0 spiro atoms. The summed E-state index contributed by atoms with van der Waals surface area (Å²) < 4.78 is 0. The Morgan fingerprint density at radius 2 is 1.83 bits per heavy atom. The van der Waals surface area contributed by atoms with Crippen molar-refractivity contribution < 1.29 is 19.5 Å². The molecule has 1 fully saturated rings. The maximum absolute atomic E-state index is 12.4. The van der Waals surface area contributed by atoms with Gasteiger partial charge in [-0.05, 0) is 24.3 Å². The lowest BCUT2D eigenvalue weighted by atomic mass is 10.1. The number of hydrogen-bond acceptors (Lipinski definition) is 4. The molecule has 1 aliphatic rings. The molecule has 7 heteroatoms. The van der Waals surface area contributed by atoms with Gasteiger partial charge in [0.2, 0.25) is 11.8 Å². The van der Waals surface area contributed by atoms with Gasteiger partial charge in [0.05, 0.1) is 6.54 Å². The van der Waals surface area contributed by atoms with Crippen LogP contribution in [0.25, 0.3) is 0 Å². The molecule has 2 rings (SSSR count). The van der Waals surface area contributed by atoms with Crippen molar-refractivity contribution in [1.29, 1.82) is 0 Å².